The van der Waals surface area contributed by atoms with Crippen molar-refractivity contribution in [1.82, 2.24) is 15.5 Å². The van der Waals surface area contributed by atoms with Crippen LogP contribution in [0.3, 0.4) is 0 Å². The Hall–Kier alpha value is -2.33. The van der Waals surface area contributed by atoms with E-state index in [2.05, 4.69) is 64.0 Å². The maximum atomic E-state index is 5.83. The molecule has 2 N–H and O–H groups in total. The van der Waals surface area contributed by atoms with Crippen LogP contribution in [0.15, 0.2) is 48.5 Å². The van der Waals surface area contributed by atoms with Gasteiger partial charge in [-0.05, 0) is 57.1 Å². The highest BCUT2D eigenvalue weighted by atomic mass is 16.5. The largest absolute Gasteiger partial charge is 0.473 e. The number of ether oxygens (including phenoxy) is 1. The number of nitrogens with zero attached hydrogens (tertiary/aromatic N) is 1. The van der Waals surface area contributed by atoms with E-state index in [-0.39, 0.29) is 6.10 Å². The van der Waals surface area contributed by atoms with Gasteiger partial charge in [-0.25, -0.2) is 0 Å². The quantitative estimate of drug-likeness (QED) is 0.688. The van der Waals surface area contributed by atoms with Crippen LogP contribution in [-0.2, 0) is 0 Å². The van der Waals surface area contributed by atoms with Gasteiger partial charge in [-0.15, -0.1) is 5.10 Å². The zero-order chi connectivity index (χ0) is 16.9. The van der Waals surface area contributed by atoms with E-state index in [4.69, 9.17) is 4.74 Å². The molecule has 3 aromatic rings. The number of nitrogens with one attached hydrogen (secondary N) is 2. The summed E-state index contributed by atoms with van der Waals surface area (Å²) in [5.74, 6) is 1.03. The summed E-state index contributed by atoms with van der Waals surface area (Å²) >= 11 is 0. The molecule has 3 rings (SSSR count). The third kappa shape index (κ3) is 3.60. The van der Waals surface area contributed by atoms with E-state index >= 15 is 0 Å². The number of hydrogen-bond acceptors (Lipinski definition) is 3. The molecule has 0 saturated carbocycles. The van der Waals surface area contributed by atoms with E-state index in [1.165, 1.54) is 11.1 Å². The van der Waals surface area contributed by atoms with Gasteiger partial charge in [0.25, 0.3) is 0 Å². The van der Waals surface area contributed by atoms with Crippen LogP contribution >= 0.6 is 0 Å². The summed E-state index contributed by atoms with van der Waals surface area (Å²) in [7, 11) is 2.00. The van der Waals surface area contributed by atoms with Gasteiger partial charge in [0.1, 0.15) is 0 Å². The number of aromatic amines is 1. The molecule has 1 heterocycles. The average molecular weight is 323 g/mol. The van der Waals surface area contributed by atoms with E-state index in [9.17, 15) is 0 Å². The van der Waals surface area contributed by atoms with Gasteiger partial charge >= 0.3 is 0 Å². The monoisotopic (exact) mass is 323 g/mol. The predicted octanol–water partition coefficient (Wildman–Crippen LogP) is 4.09. The molecule has 0 radical (unpaired) electrons. The second kappa shape index (κ2) is 7.49. The Morgan fingerprint density at radius 1 is 1.08 bits per heavy atom. The lowest BCUT2D eigenvalue weighted by atomic mass is 9.88. The Kier molecular flexibility index (Phi) is 5.16. The summed E-state index contributed by atoms with van der Waals surface area (Å²) in [6.07, 6.45) is 1.15. The highest BCUT2D eigenvalue weighted by molar-refractivity contribution is 5.84. The van der Waals surface area contributed by atoms with Crippen LogP contribution in [0.25, 0.3) is 10.9 Å². The van der Waals surface area contributed by atoms with Gasteiger partial charge in [-0.3, -0.25) is 5.10 Å². The molecule has 126 valence electrons. The molecule has 0 amide bonds. The zero-order valence-corrected chi connectivity index (χ0v) is 14.5. The lowest BCUT2D eigenvalue weighted by Gasteiger charge is -2.18. The normalized spacial score (nSPS) is 12.7. The lowest BCUT2D eigenvalue weighted by molar-refractivity contribution is 0.235. The minimum absolute atomic E-state index is 0.106. The first-order chi connectivity index (χ1) is 11.7. The maximum absolute atomic E-state index is 5.83. The van der Waals surface area contributed by atoms with Crippen molar-refractivity contribution in [1.29, 1.82) is 0 Å². The molecule has 24 heavy (non-hydrogen) atoms. The summed E-state index contributed by atoms with van der Waals surface area (Å²) in [5.41, 5.74) is 3.63. The molecule has 4 nitrogen and oxygen atoms in total. The van der Waals surface area contributed by atoms with Crippen molar-refractivity contribution in [2.75, 3.05) is 13.6 Å². The Morgan fingerprint density at radius 3 is 2.58 bits per heavy atom. The third-order valence-electron chi connectivity index (χ3n) is 4.19. The standard InChI is InChI=1S/C20H25N3O/c1-14(2)24-20-18-13-16(9-10-19(18)22-23-20)17(11-12-21-3)15-7-5-4-6-8-15/h4-10,13-14,17,21H,11-12H2,1-3H3,(H,22,23). The van der Waals surface area contributed by atoms with Gasteiger partial charge in [0.2, 0.25) is 5.88 Å². The second-order valence-electron chi connectivity index (χ2n) is 6.36. The molecular formula is C20H25N3O. The lowest BCUT2D eigenvalue weighted by Crippen LogP contribution is -2.13. The van der Waals surface area contributed by atoms with Gasteiger partial charge in [-0.1, -0.05) is 36.4 Å². The first-order valence-corrected chi connectivity index (χ1v) is 8.53. The summed E-state index contributed by atoms with van der Waals surface area (Å²) in [5, 5.41) is 11.7. The molecule has 0 bridgehead atoms. The van der Waals surface area contributed by atoms with Crippen LogP contribution in [0.5, 0.6) is 5.88 Å². The first kappa shape index (κ1) is 16.5. The van der Waals surface area contributed by atoms with Crippen molar-refractivity contribution < 1.29 is 4.74 Å². The molecule has 0 aliphatic carbocycles. The van der Waals surface area contributed by atoms with Gasteiger partial charge in [0.15, 0.2) is 0 Å². The Bertz CT molecular complexity index is 780. The Balaban J connectivity index is 2.00. The van der Waals surface area contributed by atoms with Gasteiger partial charge in [0, 0.05) is 5.92 Å². The fourth-order valence-electron chi connectivity index (χ4n) is 3.04. The molecule has 0 saturated heterocycles. The number of benzene rings is 2. The zero-order valence-electron chi connectivity index (χ0n) is 14.5. The van der Waals surface area contributed by atoms with Crippen molar-refractivity contribution in [3.05, 3.63) is 59.7 Å². The van der Waals surface area contributed by atoms with Crippen LogP contribution in [0.1, 0.15) is 37.3 Å². The van der Waals surface area contributed by atoms with Crippen molar-refractivity contribution in [2.45, 2.75) is 32.3 Å². The Morgan fingerprint density at radius 2 is 1.88 bits per heavy atom. The Labute approximate surface area is 143 Å². The van der Waals surface area contributed by atoms with Crippen LogP contribution in [0.4, 0.5) is 0 Å². The summed E-state index contributed by atoms with van der Waals surface area (Å²) in [4.78, 5) is 0. The predicted molar refractivity (Wildman–Crippen MR) is 98.7 cm³/mol. The highest BCUT2D eigenvalue weighted by Crippen LogP contribution is 2.32. The van der Waals surface area contributed by atoms with Crippen molar-refractivity contribution in [3.8, 4) is 5.88 Å². The minimum atomic E-state index is 0.106. The summed E-state index contributed by atoms with van der Waals surface area (Å²) in [6, 6.07) is 17.2. The van der Waals surface area contributed by atoms with Crippen molar-refractivity contribution in [2.24, 2.45) is 0 Å². The van der Waals surface area contributed by atoms with E-state index in [0.717, 1.165) is 23.9 Å². The molecule has 1 aromatic heterocycles. The van der Waals surface area contributed by atoms with Crippen LogP contribution in [0.2, 0.25) is 0 Å². The van der Waals surface area contributed by atoms with E-state index in [0.29, 0.717) is 11.8 Å². The van der Waals surface area contributed by atoms with Gasteiger partial charge in [-0.2, -0.15) is 0 Å². The van der Waals surface area contributed by atoms with Crippen molar-refractivity contribution >= 4 is 10.9 Å². The van der Waals surface area contributed by atoms with Crippen LogP contribution in [0, 0.1) is 0 Å². The van der Waals surface area contributed by atoms with E-state index in [1.807, 2.05) is 20.9 Å². The number of hydrogen-bond donors (Lipinski definition) is 2. The molecule has 0 spiro atoms. The van der Waals surface area contributed by atoms with Crippen LogP contribution in [-0.4, -0.2) is 29.9 Å². The summed E-state index contributed by atoms with van der Waals surface area (Å²) in [6.45, 7) is 5.01. The third-order valence-corrected chi connectivity index (χ3v) is 4.19. The molecule has 0 fully saturated rings. The number of rotatable bonds is 7. The highest BCUT2D eigenvalue weighted by Gasteiger charge is 2.16. The summed E-state index contributed by atoms with van der Waals surface area (Å²) < 4.78 is 5.83. The molecule has 1 atom stereocenters. The fourth-order valence-corrected chi connectivity index (χ4v) is 3.04. The molecule has 1 unspecified atom stereocenters. The molecular weight excluding hydrogens is 298 g/mol. The topological polar surface area (TPSA) is 49.9 Å². The van der Waals surface area contributed by atoms with Crippen LogP contribution < -0.4 is 10.1 Å². The molecule has 2 aromatic carbocycles. The average Bonchev–Trinajstić information content (AvgIpc) is 2.98. The minimum Gasteiger partial charge on any atom is -0.473 e. The molecule has 4 heteroatoms. The van der Waals surface area contributed by atoms with Gasteiger partial charge in [0.05, 0.1) is 17.0 Å². The fraction of sp³-hybridized carbons (Fsp3) is 0.350. The van der Waals surface area contributed by atoms with E-state index in [1.54, 1.807) is 0 Å². The smallest absolute Gasteiger partial charge is 0.240 e. The second-order valence-corrected chi connectivity index (χ2v) is 6.36. The number of aromatic nitrogens is 2. The number of fused-ring (bicyclic) bond motifs is 1. The van der Waals surface area contributed by atoms with Crippen molar-refractivity contribution in [3.63, 3.8) is 0 Å². The van der Waals surface area contributed by atoms with E-state index < -0.39 is 0 Å². The number of H-pyrrole nitrogens is 1. The molecule has 0 aliphatic rings. The maximum Gasteiger partial charge on any atom is 0.240 e. The molecule has 0 aliphatic heterocycles. The first-order valence-electron chi connectivity index (χ1n) is 8.53. The SMILES string of the molecule is CNCCC(c1ccccc1)c1ccc2[nH]nc(OC(C)C)c2c1. The van der Waals surface area contributed by atoms with Gasteiger partial charge < -0.3 is 10.1 Å².